The van der Waals surface area contributed by atoms with E-state index in [2.05, 4.69) is 58.7 Å². The van der Waals surface area contributed by atoms with Crippen LogP contribution >= 0.6 is 15.9 Å². The Kier molecular flexibility index (Phi) is 6.20. The van der Waals surface area contributed by atoms with E-state index < -0.39 is 0 Å². The van der Waals surface area contributed by atoms with Gasteiger partial charge in [0, 0.05) is 6.54 Å². The third kappa shape index (κ3) is 3.81. The fraction of sp³-hybridized carbons (Fsp3) is 0.769. The number of hydrogen-bond donors (Lipinski definition) is 1. The molecule has 17 heavy (non-hydrogen) atoms. The highest BCUT2D eigenvalue weighted by molar-refractivity contribution is 9.10. The van der Waals surface area contributed by atoms with E-state index in [0.717, 1.165) is 23.3 Å². The molecule has 1 atom stereocenters. The predicted octanol–water partition coefficient (Wildman–Crippen LogP) is 3.60. The second-order valence-electron chi connectivity index (χ2n) is 4.58. The Hall–Kier alpha value is -0.350. The number of nitrogens with zero attached hydrogens (tertiary/aromatic N) is 2. The summed E-state index contributed by atoms with van der Waals surface area (Å²) in [4.78, 5) is 0. The molecule has 1 aromatic heterocycles. The van der Waals surface area contributed by atoms with Crippen LogP contribution in [0.5, 0.6) is 0 Å². The minimum Gasteiger partial charge on any atom is -0.315 e. The summed E-state index contributed by atoms with van der Waals surface area (Å²) in [5.41, 5.74) is 2.32. The van der Waals surface area contributed by atoms with Crippen molar-refractivity contribution in [3.8, 4) is 0 Å². The Morgan fingerprint density at radius 1 is 1.29 bits per heavy atom. The predicted molar refractivity (Wildman–Crippen MR) is 76.5 cm³/mol. The van der Waals surface area contributed by atoms with Crippen molar-refractivity contribution in [3.63, 3.8) is 0 Å². The number of aromatic nitrogens is 2. The lowest BCUT2D eigenvalue weighted by Crippen LogP contribution is -2.27. The first-order chi connectivity index (χ1) is 8.11. The molecule has 1 rings (SSSR count). The normalized spacial score (nSPS) is 13.0. The van der Waals surface area contributed by atoms with Crippen molar-refractivity contribution in [2.24, 2.45) is 0 Å². The lowest BCUT2D eigenvalue weighted by molar-refractivity contribution is 0.388. The van der Waals surface area contributed by atoms with Crippen LogP contribution < -0.4 is 5.32 Å². The molecule has 0 bridgehead atoms. The minimum atomic E-state index is 0.469. The summed E-state index contributed by atoms with van der Waals surface area (Å²) in [5.74, 6) is 0. The number of halogens is 1. The third-order valence-corrected chi connectivity index (χ3v) is 4.16. The van der Waals surface area contributed by atoms with Gasteiger partial charge in [-0.15, -0.1) is 0 Å². The van der Waals surface area contributed by atoms with Crippen LogP contribution in [0.15, 0.2) is 4.47 Å². The van der Waals surface area contributed by atoms with Gasteiger partial charge in [-0.1, -0.05) is 20.3 Å². The molecule has 0 saturated carbocycles. The Bertz CT molecular complexity index is 347. The molecule has 3 nitrogen and oxygen atoms in total. The van der Waals surface area contributed by atoms with Crippen molar-refractivity contribution in [1.82, 2.24) is 15.1 Å². The summed E-state index contributed by atoms with van der Waals surface area (Å²) < 4.78 is 3.32. The monoisotopic (exact) mass is 301 g/mol. The molecule has 0 aromatic carbocycles. The smallest absolute Gasteiger partial charge is 0.0738 e. The highest BCUT2D eigenvalue weighted by Gasteiger charge is 2.16. The lowest BCUT2D eigenvalue weighted by Gasteiger charge is -2.19. The van der Waals surface area contributed by atoms with Crippen LogP contribution in [0, 0.1) is 13.8 Å². The quantitative estimate of drug-likeness (QED) is 0.780. The van der Waals surface area contributed by atoms with Gasteiger partial charge in [-0.05, 0) is 49.2 Å². The molecule has 0 aliphatic carbocycles. The highest BCUT2D eigenvalue weighted by atomic mass is 79.9. The van der Waals surface area contributed by atoms with E-state index >= 15 is 0 Å². The van der Waals surface area contributed by atoms with Crippen LogP contribution in [0.1, 0.15) is 50.5 Å². The van der Waals surface area contributed by atoms with Gasteiger partial charge in [0.2, 0.25) is 0 Å². The van der Waals surface area contributed by atoms with Crippen LogP contribution in [0.25, 0.3) is 0 Å². The van der Waals surface area contributed by atoms with E-state index in [9.17, 15) is 0 Å². The van der Waals surface area contributed by atoms with E-state index in [1.54, 1.807) is 0 Å². The van der Waals surface area contributed by atoms with E-state index in [-0.39, 0.29) is 0 Å². The molecule has 0 fully saturated rings. The SMILES string of the molecule is CCCNCC(CCC)n1nc(C)c(Br)c1C. The number of rotatable bonds is 7. The molecule has 1 N–H and O–H groups in total. The first-order valence-corrected chi connectivity index (χ1v) is 7.33. The van der Waals surface area contributed by atoms with E-state index in [1.165, 1.54) is 25.0 Å². The molecule has 1 unspecified atom stereocenters. The van der Waals surface area contributed by atoms with E-state index in [4.69, 9.17) is 0 Å². The van der Waals surface area contributed by atoms with Gasteiger partial charge >= 0.3 is 0 Å². The minimum absolute atomic E-state index is 0.469. The third-order valence-electron chi connectivity index (χ3n) is 3.01. The zero-order valence-corrected chi connectivity index (χ0v) is 13.0. The fourth-order valence-electron chi connectivity index (χ4n) is 2.09. The van der Waals surface area contributed by atoms with Crippen LogP contribution in [-0.4, -0.2) is 22.9 Å². The number of hydrogen-bond acceptors (Lipinski definition) is 2. The van der Waals surface area contributed by atoms with Gasteiger partial charge in [0.1, 0.15) is 0 Å². The zero-order chi connectivity index (χ0) is 12.8. The standard InChI is InChI=1S/C13H24BrN3/c1-5-7-12(9-15-8-6-2)17-11(4)13(14)10(3)16-17/h12,15H,5-9H2,1-4H3. The van der Waals surface area contributed by atoms with Gasteiger partial charge < -0.3 is 5.32 Å². The molecule has 98 valence electrons. The second kappa shape index (κ2) is 7.17. The Morgan fingerprint density at radius 2 is 2.00 bits per heavy atom. The zero-order valence-electron chi connectivity index (χ0n) is 11.4. The van der Waals surface area contributed by atoms with Gasteiger partial charge in [0.15, 0.2) is 0 Å². The molecule has 0 aliphatic heterocycles. The molecule has 1 heterocycles. The van der Waals surface area contributed by atoms with Crippen molar-refractivity contribution in [1.29, 1.82) is 0 Å². The second-order valence-corrected chi connectivity index (χ2v) is 5.37. The average molecular weight is 302 g/mol. The Balaban J connectivity index is 2.77. The summed E-state index contributed by atoms with van der Waals surface area (Å²) in [6.07, 6.45) is 3.54. The Labute approximate surface area is 113 Å². The molecule has 1 aromatic rings. The number of aryl methyl sites for hydroxylation is 1. The molecule has 0 radical (unpaired) electrons. The molecule has 0 spiro atoms. The fourth-order valence-corrected chi connectivity index (χ4v) is 2.35. The van der Waals surface area contributed by atoms with Gasteiger partial charge in [0.05, 0.1) is 21.9 Å². The Morgan fingerprint density at radius 3 is 2.47 bits per heavy atom. The van der Waals surface area contributed by atoms with Crippen LogP contribution in [-0.2, 0) is 0 Å². The van der Waals surface area contributed by atoms with Gasteiger partial charge in [-0.25, -0.2) is 0 Å². The lowest BCUT2D eigenvalue weighted by atomic mass is 10.1. The van der Waals surface area contributed by atoms with Crippen LogP contribution in [0.2, 0.25) is 0 Å². The summed E-state index contributed by atoms with van der Waals surface area (Å²) in [5, 5.41) is 8.14. The van der Waals surface area contributed by atoms with Crippen LogP contribution in [0.3, 0.4) is 0 Å². The first-order valence-electron chi connectivity index (χ1n) is 6.53. The summed E-state index contributed by atoms with van der Waals surface area (Å²) >= 11 is 3.60. The molecule has 0 aliphatic rings. The molecule has 4 heteroatoms. The highest BCUT2D eigenvalue weighted by Crippen LogP contribution is 2.24. The molecule has 0 saturated heterocycles. The topological polar surface area (TPSA) is 29.9 Å². The first kappa shape index (κ1) is 14.7. The largest absolute Gasteiger partial charge is 0.315 e. The number of nitrogens with one attached hydrogen (secondary N) is 1. The maximum Gasteiger partial charge on any atom is 0.0738 e. The summed E-state index contributed by atoms with van der Waals surface area (Å²) in [7, 11) is 0. The van der Waals surface area contributed by atoms with Gasteiger partial charge in [-0.2, -0.15) is 5.10 Å². The van der Waals surface area contributed by atoms with Gasteiger partial charge in [0.25, 0.3) is 0 Å². The molecular weight excluding hydrogens is 278 g/mol. The van der Waals surface area contributed by atoms with E-state index in [1.807, 2.05) is 0 Å². The summed E-state index contributed by atoms with van der Waals surface area (Å²) in [6.45, 7) is 10.7. The van der Waals surface area contributed by atoms with Crippen LogP contribution in [0.4, 0.5) is 0 Å². The van der Waals surface area contributed by atoms with Gasteiger partial charge in [-0.3, -0.25) is 4.68 Å². The molecular formula is C13H24BrN3. The van der Waals surface area contributed by atoms with Crippen molar-refractivity contribution in [3.05, 3.63) is 15.9 Å². The maximum absolute atomic E-state index is 4.64. The van der Waals surface area contributed by atoms with Crippen molar-refractivity contribution < 1.29 is 0 Å². The summed E-state index contributed by atoms with van der Waals surface area (Å²) in [6, 6.07) is 0.469. The van der Waals surface area contributed by atoms with Crippen molar-refractivity contribution in [2.75, 3.05) is 13.1 Å². The maximum atomic E-state index is 4.64. The average Bonchev–Trinajstić information content (AvgIpc) is 2.56. The van der Waals surface area contributed by atoms with Crippen molar-refractivity contribution in [2.45, 2.75) is 53.0 Å². The molecule has 0 amide bonds. The van der Waals surface area contributed by atoms with E-state index in [0.29, 0.717) is 6.04 Å². The van der Waals surface area contributed by atoms with Crippen molar-refractivity contribution >= 4 is 15.9 Å².